The first kappa shape index (κ1) is 18.0. The molecule has 3 heterocycles. The average molecular weight is 385 g/mol. The Kier molecular flexibility index (Phi) is 4.91. The summed E-state index contributed by atoms with van der Waals surface area (Å²) in [7, 11) is 1.68. The first-order chi connectivity index (χ1) is 13.1. The highest BCUT2D eigenvalue weighted by Gasteiger charge is 2.44. The maximum Gasteiger partial charge on any atom is 0.263 e. The summed E-state index contributed by atoms with van der Waals surface area (Å²) < 4.78 is 6.46. The van der Waals surface area contributed by atoms with Crippen LogP contribution in [0.15, 0.2) is 41.8 Å². The predicted molar refractivity (Wildman–Crippen MR) is 105 cm³/mol. The fraction of sp³-hybridized carbons (Fsp3) is 0.429. The molecule has 1 N–H and O–H groups in total. The number of amides is 2. The first-order valence-corrected chi connectivity index (χ1v) is 10.3. The molecule has 2 aliphatic heterocycles. The molecule has 6 heteroatoms. The molecule has 4 rings (SSSR count). The standard InChI is InChI=1S/C21H24N2O3S/c1-22-19(24)13-15-14-21(26-17-6-3-2-5-16(15)17)8-10-23(11-9-21)20(25)18-7-4-12-27-18/h2-7,12,15H,8-11,13-14H2,1H3,(H,22,24)/t15-/m1/s1. The van der Waals surface area contributed by atoms with Crippen molar-refractivity contribution in [2.75, 3.05) is 20.1 Å². The summed E-state index contributed by atoms with van der Waals surface area (Å²) in [5.74, 6) is 1.19. The van der Waals surface area contributed by atoms with E-state index in [0.717, 1.165) is 35.5 Å². The maximum absolute atomic E-state index is 12.6. The van der Waals surface area contributed by atoms with Crippen LogP contribution < -0.4 is 10.1 Å². The Morgan fingerprint density at radius 3 is 2.70 bits per heavy atom. The van der Waals surface area contributed by atoms with Gasteiger partial charge >= 0.3 is 0 Å². The minimum Gasteiger partial charge on any atom is -0.487 e. The third-order valence-electron chi connectivity index (χ3n) is 5.71. The van der Waals surface area contributed by atoms with E-state index >= 15 is 0 Å². The van der Waals surface area contributed by atoms with Crippen LogP contribution in [-0.4, -0.2) is 42.5 Å². The van der Waals surface area contributed by atoms with Gasteiger partial charge in [0.2, 0.25) is 5.91 Å². The number of hydrogen-bond donors (Lipinski definition) is 1. The van der Waals surface area contributed by atoms with Gasteiger partial charge in [-0.2, -0.15) is 0 Å². The lowest BCUT2D eigenvalue weighted by molar-refractivity contribution is -0.121. The number of carbonyl (C=O) groups excluding carboxylic acids is 2. The summed E-state index contributed by atoms with van der Waals surface area (Å²) in [6.45, 7) is 1.37. The molecule has 5 nitrogen and oxygen atoms in total. The first-order valence-electron chi connectivity index (χ1n) is 9.41. The van der Waals surface area contributed by atoms with Crippen LogP contribution in [0.3, 0.4) is 0 Å². The second-order valence-electron chi connectivity index (χ2n) is 7.37. The maximum atomic E-state index is 12.6. The van der Waals surface area contributed by atoms with Crippen LogP contribution in [0.4, 0.5) is 0 Å². The van der Waals surface area contributed by atoms with Crippen molar-refractivity contribution < 1.29 is 14.3 Å². The molecule has 2 aromatic rings. The summed E-state index contributed by atoms with van der Waals surface area (Å²) >= 11 is 1.49. The number of nitrogens with zero attached hydrogens (tertiary/aromatic N) is 1. The van der Waals surface area contributed by atoms with Crippen LogP contribution in [0.5, 0.6) is 5.75 Å². The number of likely N-dealkylation sites (tertiary alicyclic amines) is 1. The van der Waals surface area contributed by atoms with Crippen molar-refractivity contribution in [1.29, 1.82) is 0 Å². The van der Waals surface area contributed by atoms with Gasteiger partial charge in [-0.3, -0.25) is 9.59 Å². The lowest BCUT2D eigenvalue weighted by atomic mass is 9.76. The highest BCUT2D eigenvalue weighted by atomic mass is 32.1. The molecule has 1 aromatic carbocycles. The second kappa shape index (κ2) is 7.35. The van der Waals surface area contributed by atoms with Gasteiger partial charge in [-0.25, -0.2) is 0 Å². The number of hydrogen-bond acceptors (Lipinski definition) is 4. The van der Waals surface area contributed by atoms with Crippen molar-refractivity contribution in [3.8, 4) is 5.75 Å². The Hall–Kier alpha value is -2.34. The summed E-state index contributed by atoms with van der Waals surface area (Å²) in [6, 6.07) is 11.8. The lowest BCUT2D eigenvalue weighted by Crippen LogP contribution is -2.52. The molecule has 0 saturated carbocycles. The van der Waals surface area contributed by atoms with Gasteiger partial charge in [-0.15, -0.1) is 11.3 Å². The summed E-state index contributed by atoms with van der Waals surface area (Å²) in [6.07, 6.45) is 2.88. The SMILES string of the molecule is CNC(=O)C[C@@H]1CC2(CCN(C(=O)c3cccs3)CC2)Oc2ccccc21. The molecule has 1 atom stereocenters. The summed E-state index contributed by atoms with van der Waals surface area (Å²) in [4.78, 5) is 27.4. The van der Waals surface area contributed by atoms with Crippen LogP contribution in [0.2, 0.25) is 0 Å². The van der Waals surface area contributed by atoms with Crippen molar-refractivity contribution in [3.05, 3.63) is 52.2 Å². The smallest absolute Gasteiger partial charge is 0.263 e. The number of piperidine rings is 1. The predicted octanol–water partition coefficient (Wildman–Crippen LogP) is 3.43. The second-order valence-corrected chi connectivity index (χ2v) is 8.32. The molecule has 142 valence electrons. The largest absolute Gasteiger partial charge is 0.487 e. The van der Waals surface area contributed by atoms with Crippen LogP contribution in [0.25, 0.3) is 0 Å². The van der Waals surface area contributed by atoms with Gasteiger partial charge in [0.05, 0.1) is 4.88 Å². The van der Waals surface area contributed by atoms with E-state index in [1.165, 1.54) is 11.3 Å². The number of para-hydroxylation sites is 1. The Morgan fingerprint density at radius 1 is 1.22 bits per heavy atom. The number of thiophene rings is 1. The van der Waals surface area contributed by atoms with E-state index in [1.807, 2.05) is 40.6 Å². The van der Waals surface area contributed by atoms with E-state index < -0.39 is 0 Å². The van der Waals surface area contributed by atoms with E-state index in [0.29, 0.717) is 19.5 Å². The highest BCUT2D eigenvalue weighted by Crippen LogP contribution is 2.46. The molecular formula is C21H24N2O3S. The topological polar surface area (TPSA) is 58.6 Å². The van der Waals surface area contributed by atoms with Gasteiger partial charge in [0, 0.05) is 45.3 Å². The fourth-order valence-electron chi connectivity index (χ4n) is 4.23. The molecule has 0 unspecified atom stereocenters. The zero-order valence-electron chi connectivity index (χ0n) is 15.4. The minimum atomic E-state index is -0.292. The molecule has 0 radical (unpaired) electrons. The summed E-state index contributed by atoms with van der Waals surface area (Å²) in [5, 5.41) is 4.67. The molecule has 2 aliphatic rings. The van der Waals surface area contributed by atoms with Crippen LogP contribution in [0, 0.1) is 0 Å². The average Bonchev–Trinajstić information content (AvgIpc) is 3.23. The Bertz CT molecular complexity index is 826. The van der Waals surface area contributed by atoms with Crippen LogP contribution >= 0.6 is 11.3 Å². The zero-order valence-corrected chi connectivity index (χ0v) is 16.3. The quantitative estimate of drug-likeness (QED) is 0.882. The van der Waals surface area contributed by atoms with Gasteiger partial charge in [-0.1, -0.05) is 24.3 Å². The molecule has 27 heavy (non-hydrogen) atoms. The number of rotatable bonds is 3. The molecule has 1 aromatic heterocycles. The van der Waals surface area contributed by atoms with E-state index in [-0.39, 0.29) is 23.3 Å². The summed E-state index contributed by atoms with van der Waals surface area (Å²) in [5.41, 5.74) is 0.822. The van der Waals surface area contributed by atoms with Gasteiger partial charge < -0.3 is 15.0 Å². The third-order valence-corrected chi connectivity index (χ3v) is 6.57. The van der Waals surface area contributed by atoms with Crippen molar-refractivity contribution in [3.63, 3.8) is 0 Å². The van der Waals surface area contributed by atoms with Gasteiger partial charge in [-0.05, 0) is 29.5 Å². The fourth-order valence-corrected chi connectivity index (χ4v) is 4.92. The molecule has 0 aliphatic carbocycles. The van der Waals surface area contributed by atoms with E-state index in [9.17, 15) is 9.59 Å². The van der Waals surface area contributed by atoms with Crippen LogP contribution in [-0.2, 0) is 4.79 Å². The Morgan fingerprint density at radius 2 is 2.00 bits per heavy atom. The molecule has 1 spiro atoms. The van der Waals surface area contributed by atoms with Gasteiger partial charge in [0.15, 0.2) is 0 Å². The van der Waals surface area contributed by atoms with Crippen molar-refractivity contribution in [2.45, 2.75) is 37.2 Å². The molecular weight excluding hydrogens is 360 g/mol. The van der Waals surface area contributed by atoms with Crippen molar-refractivity contribution in [1.82, 2.24) is 10.2 Å². The molecule has 0 bridgehead atoms. The Balaban J connectivity index is 1.51. The number of nitrogens with one attached hydrogen (secondary N) is 1. The third kappa shape index (κ3) is 3.58. The van der Waals surface area contributed by atoms with E-state index in [4.69, 9.17) is 4.74 Å². The van der Waals surface area contributed by atoms with E-state index in [1.54, 1.807) is 7.05 Å². The van der Waals surface area contributed by atoms with Gasteiger partial charge in [0.1, 0.15) is 11.4 Å². The van der Waals surface area contributed by atoms with E-state index in [2.05, 4.69) is 11.4 Å². The highest BCUT2D eigenvalue weighted by molar-refractivity contribution is 7.12. The number of benzene rings is 1. The normalized spacial score (nSPS) is 20.6. The number of carbonyl (C=O) groups is 2. The zero-order chi connectivity index (χ0) is 18.9. The van der Waals surface area contributed by atoms with Crippen LogP contribution in [0.1, 0.15) is 46.8 Å². The number of fused-ring (bicyclic) bond motifs is 1. The Labute approximate surface area is 163 Å². The number of ether oxygens (including phenoxy) is 1. The van der Waals surface area contributed by atoms with Gasteiger partial charge in [0.25, 0.3) is 5.91 Å². The minimum absolute atomic E-state index is 0.0529. The molecule has 1 saturated heterocycles. The van der Waals surface area contributed by atoms with Crippen molar-refractivity contribution >= 4 is 23.2 Å². The lowest BCUT2D eigenvalue weighted by Gasteiger charge is -2.46. The molecule has 2 amide bonds. The monoisotopic (exact) mass is 384 g/mol. The van der Waals surface area contributed by atoms with Crippen molar-refractivity contribution in [2.24, 2.45) is 0 Å². The molecule has 1 fully saturated rings.